The van der Waals surface area contributed by atoms with E-state index in [9.17, 15) is 31.1 Å². The molecule has 2 rings (SSSR count). The van der Waals surface area contributed by atoms with Crippen molar-refractivity contribution in [3.8, 4) is 0 Å². The molecular formula is C14H13F6OP. The van der Waals surface area contributed by atoms with Crippen molar-refractivity contribution < 1.29 is 31.1 Å². The fourth-order valence-electron chi connectivity index (χ4n) is 2.60. The quantitative estimate of drug-likeness (QED) is 0.525. The van der Waals surface area contributed by atoms with Crippen molar-refractivity contribution in [2.24, 2.45) is 0 Å². The van der Waals surface area contributed by atoms with Crippen LogP contribution in [0.3, 0.4) is 0 Å². The van der Waals surface area contributed by atoms with E-state index >= 15 is 0 Å². The Morgan fingerprint density at radius 2 is 1.41 bits per heavy atom. The van der Waals surface area contributed by atoms with Gasteiger partial charge in [-0.1, -0.05) is 18.9 Å². The third-order valence-corrected chi connectivity index (χ3v) is 5.09. The topological polar surface area (TPSA) is 17.1 Å². The third-order valence-electron chi connectivity index (χ3n) is 3.59. The highest BCUT2D eigenvalue weighted by atomic mass is 31.1. The highest BCUT2D eigenvalue weighted by Crippen LogP contribution is 2.44. The summed E-state index contributed by atoms with van der Waals surface area (Å²) in [4.78, 5) is 12.1. The van der Waals surface area contributed by atoms with E-state index < -0.39 is 43.1 Å². The van der Waals surface area contributed by atoms with Crippen molar-refractivity contribution in [3.05, 3.63) is 34.9 Å². The predicted molar refractivity (Wildman–Crippen MR) is 71.3 cm³/mol. The summed E-state index contributed by atoms with van der Waals surface area (Å²) in [6, 6.07) is 1.74. The van der Waals surface area contributed by atoms with E-state index in [4.69, 9.17) is 0 Å². The Kier molecular flexibility index (Phi) is 4.85. The molecule has 122 valence electrons. The van der Waals surface area contributed by atoms with Gasteiger partial charge in [-0.2, -0.15) is 26.3 Å². The van der Waals surface area contributed by atoms with E-state index in [0.29, 0.717) is 31.0 Å². The van der Waals surface area contributed by atoms with E-state index in [2.05, 4.69) is 0 Å². The zero-order chi connectivity index (χ0) is 16.5. The molecule has 22 heavy (non-hydrogen) atoms. The molecule has 1 aliphatic rings. The molecule has 0 heterocycles. The van der Waals surface area contributed by atoms with E-state index in [-0.39, 0.29) is 5.66 Å². The van der Waals surface area contributed by atoms with Crippen molar-refractivity contribution in [1.29, 1.82) is 0 Å². The van der Waals surface area contributed by atoms with Crippen LogP contribution >= 0.6 is 8.58 Å². The Hall–Kier alpha value is -1.10. The second-order valence-electron chi connectivity index (χ2n) is 5.18. The minimum atomic E-state index is -4.99. The van der Waals surface area contributed by atoms with Gasteiger partial charge in [-0.3, -0.25) is 4.79 Å². The van der Waals surface area contributed by atoms with Gasteiger partial charge in [-0.25, -0.2) is 0 Å². The molecule has 1 nitrogen and oxygen atoms in total. The first kappa shape index (κ1) is 17.3. The van der Waals surface area contributed by atoms with Gasteiger partial charge in [0.2, 0.25) is 0 Å². The molecule has 0 bridgehead atoms. The molecule has 1 aromatic carbocycles. The number of benzene rings is 1. The van der Waals surface area contributed by atoms with E-state index in [1.54, 1.807) is 0 Å². The van der Waals surface area contributed by atoms with Gasteiger partial charge in [-0.15, -0.1) is 0 Å². The fourth-order valence-corrected chi connectivity index (χ4v) is 4.08. The summed E-state index contributed by atoms with van der Waals surface area (Å²) in [5, 5.41) is 0. The summed E-state index contributed by atoms with van der Waals surface area (Å²) in [5.74, 6) is 0. The summed E-state index contributed by atoms with van der Waals surface area (Å²) in [6.45, 7) is 0. The van der Waals surface area contributed by atoms with Crippen LogP contribution in [-0.2, 0) is 12.4 Å². The van der Waals surface area contributed by atoms with Gasteiger partial charge < -0.3 is 0 Å². The van der Waals surface area contributed by atoms with Gasteiger partial charge >= 0.3 is 12.4 Å². The average Bonchev–Trinajstić information content (AvgIpc) is 2.88. The zero-order valence-corrected chi connectivity index (χ0v) is 12.3. The van der Waals surface area contributed by atoms with Crippen molar-refractivity contribution in [3.63, 3.8) is 0 Å². The minimum Gasteiger partial charge on any atom is -0.289 e. The molecule has 1 aliphatic carbocycles. The molecule has 0 aliphatic heterocycles. The zero-order valence-electron chi connectivity index (χ0n) is 11.3. The number of carbonyl (C=O) groups excluding carboxylic acids is 1. The standard InChI is InChI=1S/C14H13F6OP/c15-13(16,17)9-6-3-7-10(14(18,19)20)11(9)12(21)22-8-4-1-2-5-8/h3,6-8,22H,1-2,4-5H2. The Morgan fingerprint density at radius 1 is 0.955 bits per heavy atom. The van der Waals surface area contributed by atoms with E-state index in [0.717, 1.165) is 12.8 Å². The Bertz CT molecular complexity index is 525. The Balaban J connectivity index is 2.47. The summed E-state index contributed by atoms with van der Waals surface area (Å²) in [6.07, 6.45) is -6.91. The molecule has 0 spiro atoms. The van der Waals surface area contributed by atoms with E-state index in [1.807, 2.05) is 0 Å². The van der Waals surface area contributed by atoms with Gasteiger partial charge in [0.1, 0.15) is 0 Å². The number of alkyl halides is 6. The molecule has 8 heteroatoms. The van der Waals surface area contributed by atoms with Crippen molar-refractivity contribution in [2.75, 3.05) is 0 Å². The minimum absolute atomic E-state index is 0.102. The smallest absolute Gasteiger partial charge is 0.289 e. The largest absolute Gasteiger partial charge is 0.417 e. The van der Waals surface area contributed by atoms with Gasteiger partial charge in [0.05, 0.1) is 11.1 Å². The monoisotopic (exact) mass is 342 g/mol. The molecule has 1 aromatic rings. The van der Waals surface area contributed by atoms with Gasteiger partial charge in [-0.05, 0) is 39.2 Å². The van der Waals surface area contributed by atoms with Crippen LogP contribution in [0.1, 0.15) is 47.2 Å². The predicted octanol–water partition coefficient (Wildman–Crippen LogP) is 5.49. The number of halogens is 6. The Labute approximate surface area is 124 Å². The molecular weight excluding hydrogens is 329 g/mol. The van der Waals surface area contributed by atoms with Crippen LogP contribution in [0.5, 0.6) is 0 Å². The van der Waals surface area contributed by atoms with Crippen molar-refractivity contribution in [2.45, 2.75) is 43.7 Å². The lowest BCUT2D eigenvalue weighted by Gasteiger charge is -2.19. The highest BCUT2D eigenvalue weighted by Gasteiger charge is 2.42. The SMILES string of the molecule is O=C(PC1CCCC1)c1c(C(F)(F)F)cccc1C(F)(F)F. The molecule has 0 N–H and O–H groups in total. The second-order valence-corrected chi connectivity index (χ2v) is 6.74. The van der Waals surface area contributed by atoms with Gasteiger partial charge in [0.15, 0.2) is 5.52 Å². The highest BCUT2D eigenvalue weighted by molar-refractivity contribution is 7.59. The molecule has 1 saturated carbocycles. The van der Waals surface area contributed by atoms with Crippen LogP contribution in [-0.4, -0.2) is 11.2 Å². The van der Waals surface area contributed by atoms with Crippen LogP contribution < -0.4 is 0 Å². The van der Waals surface area contributed by atoms with Gasteiger partial charge in [0, 0.05) is 5.56 Å². The maximum Gasteiger partial charge on any atom is 0.417 e. The first-order valence-corrected chi connectivity index (χ1v) is 7.76. The molecule has 0 radical (unpaired) electrons. The van der Waals surface area contributed by atoms with Crippen molar-refractivity contribution >= 4 is 14.1 Å². The lowest BCUT2D eigenvalue weighted by Crippen LogP contribution is -2.19. The summed E-state index contributed by atoms with van der Waals surface area (Å²) >= 11 is 0. The first-order valence-electron chi connectivity index (χ1n) is 6.69. The van der Waals surface area contributed by atoms with Crippen LogP contribution in [0.4, 0.5) is 26.3 Å². The van der Waals surface area contributed by atoms with Crippen LogP contribution in [0, 0.1) is 0 Å². The molecule has 0 amide bonds. The lowest BCUT2D eigenvalue weighted by atomic mass is 10.0. The second kappa shape index (κ2) is 6.19. The van der Waals surface area contributed by atoms with Gasteiger partial charge in [0.25, 0.3) is 0 Å². The summed E-state index contributed by atoms with van der Waals surface area (Å²) in [5.41, 5.74) is -5.38. The molecule has 0 aromatic heterocycles. The maximum atomic E-state index is 13.0. The number of hydrogen-bond acceptors (Lipinski definition) is 1. The van der Waals surface area contributed by atoms with Crippen LogP contribution in [0.15, 0.2) is 18.2 Å². The number of carbonyl (C=O) groups is 1. The summed E-state index contributed by atoms with van der Waals surface area (Å²) in [7, 11) is -0.551. The van der Waals surface area contributed by atoms with Crippen LogP contribution in [0.25, 0.3) is 0 Å². The Morgan fingerprint density at radius 3 is 1.82 bits per heavy atom. The lowest BCUT2D eigenvalue weighted by molar-refractivity contribution is -0.143. The average molecular weight is 342 g/mol. The fraction of sp³-hybridized carbons (Fsp3) is 0.500. The van der Waals surface area contributed by atoms with E-state index in [1.165, 1.54) is 0 Å². The van der Waals surface area contributed by atoms with Crippen LogP contribution in [0.2, 0.25) is 0 Å². The summed E-state index contributed by atoms with van der Waals surface area (Å²) < 4.78 is 77.8. The normalized spacial score (nSPS) is 17.5. The third kappa shape index (κ3) is 3.80. The molecule has 1 unspecified atom stereocenters. The maximum absolute atomic E-state index is 13.0. The molecule has 0 saturated heterocycles. The first-order chi connectivity index (χ1) is 10.1. The number of rotatable bonds is 3. The molecule has 1 fully saturated rings. The van der Waals surface area contributed by atoms with Crippen molar-refractivity contribution in [1.82, 2.24) is 0 Å². The molecule has 1 atom stereocenters. The number of hydrogen-bond donors (Lipinski definition) is 0.